The van der Waals surface area contributed by atoms with Crippen molar-refractivity contribution in [3.8, 4) is 0 Å². The van der Waals surface area contributed by atoms with Crippen molar-refractivity contribution >= 4 is 38.3 Å². The molecule has 0 atom stereocenters. The van der Waals surface area contributed by atoms with Crippen LogP contribution >= 0.6 is 27.3 Å². The number of nitrogens with one attached hydrogen (secondary N) is 1. The Hall–Kier alpha value is -1.47. The van der Waals surface area contributed by atoms with Gasteiger partial charge >= 0.3 is 0 Å². The minimum Gasteiger partial charge on any atom is -0.355 e. The molecular weight excluding hydrogens is 328 g/mol. The highest BCUT2D eigenvalue weighted by Gasteiger charge is 2.08. The van der Waals surface area contributed by atoms with Crippen LogP contribution in [0.3, 0.4) is 0 Å². The molecule has 2 rings (SSSR count). The van der Waals surface area contributed by atoms with Gasteiger partial charge in [0.2, 0.25) is 5.13 Å². The van der Waals surface area contributed by atoms with E-state index in [0.29, 0.717) is 5.56 Å². The fourth-order valence-corrected chi connectivity index (χ4v) is 2.65. The van der Waals surface area contributed by atoms with Crippen LogP contribution in [0.1, 0.15) is 15.9 Å². The van der Waals surface area contributed by atoms with E-state index in [4.69, 9.17) is 0 Å². The first kappa shape index (κ1) is 14.0. The number of carbonyl (C=O) groups excluding carboxylic acids is 1. The summed E-state index contributed by atoms with van der Waals surface area (Å²) in [6.07, 6.45) is 0. The quantitative estimate of drug-likeness (QED) is 0.927. The van der Waals surface area contributed by atoms with Gasteiger partial charge in [-0.05, 0) is 33.6 Å². The van der Waals surface area contributed by atoms with Crippen LogP contribution in [0.2, 0.25) is 0 Å². The lowest BCUT2D eigenvalue weighted by molar-refractivity contribution is 0.0963. The lowest BCUT2D eigenvalue weighted by atomic mass is 10.1. The molecular formula is C12H13BrN4OS. The molecule has 0 spiro atoms. The van der Waals surface area contributed by atoms with Gasteiger partial charge in [0.05, 0.1) is 0 Å². The second kappa shape index (κ2) is 6.12. The van der Waals surface area contributed by atoms with Crippen molar-refractivity contribution in [1.29, 1.82) is 0 Å². The normalized spacial score (nSPS) is 10.3. The number of nitrogens with zero attached hydrogens (tertiary/aromatic N) is 3. The Bertz CT molecular complexity index is 569. The van der Waals surface area contributed by atoms with E-state index in [9.17, 15) is 4.79 Å². The number of amides is 1. The topological polar surface area (TPSA) is 58.1 Å². The van der Waals surface area contributed by atoms with Crippen LogP contribution in [0.4, 0.5) is 5.13 Å². The summed E-state index contributed by atoms with van der Waals surface area (Å²) in [6.45, 7) is 0.718. The van der Waals surface area contributed by atoms with Gasteiger partial charge in [-0.1, -0.05) is 23.5 Å². The van der Waals surface area contributed by atoms with Crippen molar-refractivity contribution in [3.05, 3.63) is 39.3 Å². The Labute approximate surface area is 123 Å². The number of halogens is 1. The zero-order valence-electron chi connectivity index (χ0n) is 10.6. The number of rotatable bonds is 4. The summed E-state index contributed by atoms with van der Waals surface area (Å²) in [7, 11) is 3.58. The van der Waals surface area contributed by atoms with Crippen molar-refractivity contribution in [3.63, 3.8) is 0 Å². The van der Waals surface area contributed by atoms with Gasteiger partial charge in [0, 0.05) is 26.2 Å². The summed E-state index contributed by atoms with van der Waals surface area (Å²) in [5.41, 5.74) is 1.77. The van der Waals surface area contributed by atoms with E-state index in [2.05, 4.69) is 31.4 Å². The third kappa shape index (κ3) is 3.51. The van der Waals surface area contributed by atoms with Gasteiger partial charge in [-0.2, -0.15) is 0 Å². The van der Waals surface area contributed by atoms with Gasteiger partial charge in [0.15, 0.2) is 3.92 Å². The number of carbonyl (C=O) groups is 1. The first-order valence-electron chi connectivity index (χ1n) is 5.61. The molecule has 2 aromatic rings. The van der Waals surface area contributed by atoms with Crippen LogP contribution in [0, 0.1) is 0 Å². The van der Waals surface area contributed by atoms with Crippen LogP contribution in [-0.2, 0) is 6.54 Å². The molecule has 1 aromatic carbocycles. The minimum atomic E-state index is -0.0760. The summed E-state index contributed by atoms with van der Waals surface area (Å²) >= 11 is 4.78. The molecule has 0 aliphatic rings. The molecule has 0 unspecified atom stereocenters. The van der Waals surface area contributed by atoms with Crippen molar-refractivity contribution in [1.82, 2.24) is 15.5 Å². The van der Waals surface area contributed by atoms with Gasteiger partial charge < -0.3 is 10.2 Å². The molecule has 19 heavy (non-hydrogen) atoms. The second-order valence-electron chi connectivity index (χ2n) is 3.97. The van der Waals surface area contributed by atoms with Crippen LogP contribution in [0.25, 0.3) is 0 Å². The maximum Gasteiger partial charge on any atom is 0.251 e. The number of benzene rings is 1. The average Bonchev–Trinajstić information content (AvgIpc) is 2.85. The molecule has 0 fully saturated rings. The highest BCUT2D eigenvalue weighted by molar-refractivity contribution is 9.11. The zero-order valence-corrected chi connectivity index (χ0v) is 13.0. The lowest BCUT2D eigenvalue weighted by Gasteiger charge is -2.15. The standard InChI is InChI=1S/C12H13BrN4OS/c1-14-10(18)9-5-3-8(4-6-9)7-17(2)12-16-15-11(13)19-12/h3-6H,7H2,1-2H3,(H,14,18). The molecule has 0 radical (unpaired) electrons. The summed E-state index contributed by atoms with van der Waals surface area (Å²) in [6, 6.07) is 7.52. The Morgan fingerprint density at radius 2 is 2.05 bits per heavy atom. The van der Waals surface area contributed by atoms with Gasteiger partial charge in [-0.15, -0.1) is 10.2 Å². The highest BCUT2D eigenvalue weighted by atomic mass is 79.9. The van der Waals surface area contributed by atoms with E-state index in [0.717, 1.165) is 21.2 Å². The molecule has 7 heteroatoms. The fraction of sp³-hybridized carbons (Fsp3) is 0.250. The molecule has 0 bridgehead atoms. The van der Waals surface area contributed by atoms with Crippen LogP contribution < -0.4 is 10.2 Å². The van der Waals surface area contributed by atoms with Crippen molar-refractivity contribution in [2.45, 2.75) is 6.54 Å². The van der Waals surface area contributed by atoms with E-state index >= 15 is 0 Å². The second-order valence-corrected chi connectivity index (χ2v) is 6.20. The zero-order chi connectivity index (χ0) is 13.8. The van der Waals surface area contributed by atoms with Gasteiger partial charge in [0.1, 0.15) is 0 Å². The van der Waals surface area contributed by atoms with E-state index in [1.54, 1.807) is 7.05 Å². The lowest BCUT2D eigenvalue weighted by Crippen LogP contribution is -2.18. The van der Waals surface area contributed by atoms with Crippen molar-refractivity contribution < 1.29 is 4.79 Å². The Kier molecular flexibility index (Phi) is 4.49. The fourth-order valence-electron chi connectivity index (χ4n) is 1.60. The monoisotopic (exact) mass is 340 g/mol. The summed E-state index contributed by atoms with van der Waals surface area (Å²) in [4.78, 5) is 13.4. The van der Waals surface area contributed by atoms with Gasteiger partial charge in [-0.25, -0.2) is 0 Å². The summed E-state index contributed by atoms with van der Waals surface area (Å²) in [5, 5.41) is 11.4. The number of aromatic nitrogens is 2. The first-order valence-corrected chi connectivity index (χ1v) is 7.22. The van der Waals surface area contributed by atoms with E-state index in [-0.39, 0.29) is 5.91 Å². The molecule has 0 aliphatic carbocycles. The molecule has 1 aromatic heterocycles. The number of hydrogen-bond donors (Lipinski definition) is 1. The molecule has 5 nitrogen and oxygen atoms in total. The third-order valence-corrected chi connectivity index (χ3v) is 4.05. The number of anilines is 1. The first-order chi connectivity index (χ1) is 9.10. The Balaban J connectivity index is 2.05. The van der Waals surface area contributed by atoms with Crippen LogP contribution in [0.15, 0.2) is 28.2 Å². The largest absolute Gasteiger partial charge is 0.355 e. The molecule has 1 heterocycles. The van der Waals surface area contributed by atoms with E-state index in [1.165, 1.54) is 11.3 Å². The predicted molar refractivity (Wildman–Crippen MR) is 79.5 cm³/mol. The smallest absolute Gasteiger partial charge is 0.251 e. The number of hydrogen-bond acceptors (Lipinski definition) is 5. The van der Waals surface area contributed by atoms with Crippen molar-refractivity contribution in [2.75, 3.05) is 19.0 Å². The Morgan fingerprint density at radius 3 is 2.58 bits per heavy atom. The van der Waals surface area contributed by atoms with Crippen LogP contribution in [0.5, 0.6) is 0 Å². The minimum absolute atomic E-state index is 0.0760. The highest BCUT2D eigenvalue weighted by Crippen LogP contribution is 2.24. The van der Waals surface area contributed by atoms with E-state index < -0.39 is 0 Å². The SMILES string of the molecule is CNC(=O)c1ccc(CN(C)c2nnc(Br)s2)cc1. The van der Waals surface area contributed by atoms with E-state index in [1.807, 2.05) is 36.2 Å². The molecule has 1 amide bonds. The molecule has 0 saturated heterocycles. The molecule has 0 saturated carbocycles. The Morgan fingerprint density at radius 1 is 1.37 bits per heavy atom. The van der Waals surface area contributed by atoms with Crippen LogP contribution in [-0.4, -0.2) is 30.2 Å². The summed E-state index contributed by atoms with van der Waals surface area (Å²) in [5.74, 6) is -0.0760. The summed E-state index contributed by atoms with van der Waals surface area (Å²) < 4.78 is 0.768. The van der Waals surface area contributed by atoms with Crippen molar-refractivity contribution in [2.24, 2.45) is 0 Å². The van der Waals surface area contributed by atoms with Gasteiger partial charge in [0.25, 0.3) is 5.91 Å². The maximum absolute atomic E-state index is 11.4. The molecule has 100 valence electrons. The molecule has 0 aliphatic heterocycles. The predicted octanol–water partition coefficient (Wildman–Crippen LogP) is 2.30. The third-order valence-electron chi connectivity index (χ3n) is 2.58. The van der Waals surface area contributed by atoms with Gasteiger partial charge in [-0.3, -0.25) is 4.79 Å². The maximum atomic E-state index is 11.4. The molecule has 1 N–H and O–H groups in total. The average molecular weight is 341 g/mol.